The summed E-state index contributed by atoms with van der Waals surface area (Å²) in [5.74, 6) is -0.577. The number of amides is 2. The first kappa shape index (κ1) is 17.6. The molecule has 0 aliphatic carbocycles. The van der Waals surface area contributed by atoms with Crippen molar-refractivity contribution in [2.75, 3.05) is 17.7 Å². The molecule has 0 radical (unpaired) electrons. The number of alkyl halides is 3. The van der Waals surface area contributed by atoms with Gasteiger partial charge >= 0.3 is 12.2 Å². The summed E-state index contributed by atoms with van der Waals surface area (Å²) in [6, 6.07) is 6.18. The number of urea groups is 1. The Morgan fingerprint density at radius 2 is 1.75 bits per heavy atom. The summed E-state index contributed by atoms with van der Waals surface area (Å²) in [5.41, 5.74) is -0.888. The number of carbonyl (C=O) groups is 1. The molecule has 2 N–H and O–H groups in total. The highest BCUT2D eigenvalue weighted by molar-refractivity contribution is 6.00. The normalized spacial score (nSPS) is 11.1. The standard InChI is InChI=1S/C16H14F4N2O2/c1-9-4-3-5-11(14(9)17)21-15(23)22-12-8-10(16(18,19)20)6-7-13(12)24-2/h3-8H,1-2H3,(H2,21,22,23). The van der Waals surface area contributed by atoms with E-state index in [2.05, 4.69) is 10.6 Å². The molecule has 0 heterocycles. The van der Waals surface area contributed by atoms with Gasteiger partial charge in [-0.15, -0.1) is 0 Å². The molecule has 0 atom stereocenters. The number of nitrogens with one attached hydrogen (secondary N) is 2. The first-order chi connectivity index (χ1) is 11.2. The maximum atomic E-state index is 13.9. The Labute approximate surface area is 135 Å². The number of carbonyl (C=O) groups excluding carboxylic acids is 1. The fourth-order valence-electron chi connectivity index (χ4n) is 2.00. The fraction of sp³-hybridized carbons (Fsp3) is 0.188. The van der Waals surface area contributed by atoms with Gasteiger partial charge in [0.05, 0.1) is 24.0 Å². The number of halogens is 4. The molecule has 0 saturated heterocycles. The Hall–Kier alpha value is -2.77. The summed E-state index contributed by atoms with van der Waals surface area (Å²) in [5, 5.41) is 4.47. The summed E-state index contributed by atoms with van der Waals surface area (Å²) in [6.07, 6.45) is -4.57. The van der Waals surface area contributed by atoms with Crippen molar-refractivity contribution in [3.05, 3.63) is 53.3 Å². The SMILES string of the molecule is COc1ccc(C(F)(F)F)cc1NC(=O)Nc1cccc(C)c1F. The number of hydrogen-bond acceptors (Lipinski definition) is 2. The number of aryl methyl sites for hydroxylation is 1. The van der Waals surface area contributed by atoms with E-state index in [-0.39, 0.29) is 17.1 Å². The third-order valence-electron chi connectivity index (χ3n) is 3.22. The Morgan fingerprint density at radius 1 is 1.08 bits per heavy atom. The lowest BCUT2D eigenvalue weighted by atomic mass is 10.2. The van der Waals surface area contributed by atoms with Crippen molar-refractivity contribution in [2.45, 2.75) is 13.1 Å². The highest BCUT2D eigenvalue weighted by Crippen LogP contribution is 2.35. The maximum Gasteiger partial charge on any atom is 0.416 e. The van der Waals surface area contributed by atoms with Crippen LogP contribution in [0.15, 0.2) is 36.4 Å². The summed E-state index contributed by atoms with van der Waals surface area (Å²) >= 11 is 0. The molecular weight excluding hydrogens is 328 g/mol. The quantitative estimate of drug-likeness (QED) is 0.787. The molecule has 24 heavy (non-hydrogen) atoms. The van der Waals surface area contributed by atoms with Gasteiger partial charge in [-0.3, -0.25) is 0 Å². The van der Waals surface area contributed by atoms with Crippen LogP contribution in [0.3, 0.4) is 0 Å². The molecular formula is C16H14F4N2O2. The minimum Gasteiger partial charge on any atom is -0.495 e. The second-order valence-corrected chi connectivity index (χ2v) is 4.93. The van der Waals surface area contributed by atoms with Crippen molar-refractivity contribution < 1.29 is 27.1 Å². The van der Waals surface area contributed by atoms with Gasteiger partial charge in [0.1, 0.15) is 11.6 Å². The lowest BCUT2D eigenvalue weighted by Gasteiger charge is -2.14. The maximum absolute atomic E-state index is 13.9. The smallest absolute Gasteiger partial charge is 0.416 e. The molecule has 2 aromatic carbocycles. The molecule has 0 saturated carbocycles. The summed E-state index contributed by atoms with van der Waals surface area (Å²) in [6.45, 7) is 1.52. The van der Waals surface area contributed by atoms with E-state index in [9.17, 15) is 22.4 Å². The molecule has 0 aliphatic rings. The second-order valence-electron chi connectivity index (χ2n) is 4.93. The van der Waals surface area contributed by atoms with Crippen molar-refractivity contribution in [1.29, 1.82) is 0 Å². The lowest BCUT2D eigenvalue weighted by Crippen LogP contribution is -2.21. The van der Waals surface area contributed by atoms with Crippen LogP contribution < -0.4 is 15.4 Å². The molecule has 0 aliphatic heterocycles. The minimum absolute atomic E-state index is 0.0443. The molecule has 0 bridgehead atoms. The van der Waals surface area contributed by atoms with Gasteiger partial charge < -0.3 is 15.4 Å². The van der Waals surface area contributed by atoms with E-state index in [1.165, 1.54) is 26.2 Å². The average molecular weight is 342 g/mol. The van der Waals surface area contributed by atoms with E-state index in [0.29, 0.717) is 5.56 Å². The summed E-state index contributed by atoms with van der Waals surface area (Å²) in [4.78, 5) is 11.9. The van der Waals surface area contributed by atoms with Crippen molar-refractivity contribution in [2.24, 2.45) is 0 Å². The number of benzene rings is 2. The van der Waals surface area contributed by atoms with Gasteiger partial charge in [-0.2, -0.15) is 13.2 Å². The van der Waals surface area contributed by atoms with Gasteiger partial charge in [-0.1, -0.05) is 12.1 Å². The first-order valence-electron chi connectivity index (χ1n) is 6.80. The largest absolute Gasteiger partial charge is 0.495 e. The van der Waals surface area contributed by atoms with Crippen LogP contribution in [-0.2, 0) is 6.18 Å². The number of ether oxygens (including phenoxy) is 1. The molecule has 2 rings (SSSR count). The predicted molar refractivity (Wildman–Crippen MR) is 81.8 cm³/mol. The Balaban J connectivity index is 2.23. The van der Waals surface area contributed by atoms with Crippen LogP contribution in [0.4, 0.5) is 33.7 Å². The van der Waals surface area contributed by atoms with Gasteiger partial charge in [-0.05, 0) is 36.8 Å². The van der Waals surface area contributed by atoms with Crippen LogP contribution in [0.1, 0.15) is 11.1 Å². The Kier molecular flexibility index (Phi) is 4.96. The van der Waals surface area contributed by atoms with Crippen LogP contribution in [0.2, 0.25) is 0 Å². The number of rotatable bonds is 3. The first-order valence-corrected chi connectivity index (χ1v) is 6.80. The third-order valence-corrected chi connectivity index (χ3v) is 3.22. The Morgan fingerprint density at radius 3 is 2.38 bits per heavy atom. The Bertz CT molecular complexity index is 760. The lowest BCUT2D eigenvalue weighted by molar-refractivity contribution is -0.137. The van der Waals surface area contributed by atoms with E-state index >= 15 is 0 Å². The molecule has 4 nitrogen and oxygen atoms in total. The fourth-order valence-corrected chi connectivity index (χ4v) is 2.00. The van der Waals surface area contributed by atoms with E-state index in [1.807, 2.05) is 0 Å². The van der Waals surface area contributed by atoms with Gasteiger partial charge in [0.2, 0.25) is 0 Å². The highest BCUT2D eigenvalue weighted by Gasteiger charge is 2.31. The molecule has 2 amide bonds. The topological polar surface area (TPSA) is 50.4 Å². The zero-order chi connectivity index (χ0) is 17.9. The van der Waals surface area contributed by atoms with Crippen LogP contribution in [0.25, 0.3) is 0 Å². The third kappa shape index (κ3) is 3.95. The number of methoxy groups -OCH3 is 1. The van der Waals surface area contributed by atoms with Crippen molar-refractivity contribution in [3.63, 3.8) is 0 Å². The van der Waals surface area contributed by atoms with Crippen LogP contribution >= 0.6 is 0 Å². The molecule has 128 valence electrons. The molecule has 0 aromatic heterocycles. The average Bonchev–Trinajstić information content (AvgIpc) is 2.51. The highest BCUT2D eigenvalue weighted by atomic mass is 19.4. The van der Waals surface area contributed by atoms with Crippen molar-refractivity contribution >= 4 is 17.4 Å². The van der Waals surface area contributed by atoms with Gasteiger partial charge in [-0.25, -0.2) is 9.18 Å². The van der Waals surface area contributed by atoms with E-state index in [4.69, 9.17) is 4.74 Å². The predicted octanol–water partition coefficient (Wildman–Crippen LogP) is 4.81. The summed E-state index contributed by atoms with van der Waals surface area (Å²) < 4.78 is 57.1. The van der Waals surface area contributed by atoms with Gasteiger partial charge in [0, 0.05) is 0 Å². The van der Waals surface area contributed by atoms with Gasteiger partial charge in [0.25, 0.3) is 0 Å². The molecule has 2 aromatic rings. The molecule has 0 spiro atoms. The van der Waals surface area contributed by atoms with Crippen LogP contribution in [-0.4, -0.2) is 13.1 Å². The zero-order valence-electron chi connectivity index (χ0n) is 12.8. The zero-order valence-corrected chi connectivity index (χ0v) is 12.8. The van der Waals surface area contributed by atoms with Crippen LogP contribution in [0.5, 0.6) is 5.75 Å². The number of hydrogen-bond donors (Lipinski definition) is 2. The van der Waals surface area contributed by atoms with E-state index < -0.39 is 23.6 Å². The van der Waals surface area contributed by atoms with Crippen molar-refractivity contribution in [3.8, 4) is 5.75 Å². The molecule has 8 heteroatoms. The number of anilines is 2. The summed E-state index contributed by atoms with van der Waals surface area (Å²) in [7, 11) is 1.26. The van der Waals surface area contributed by atoms with E-state index in [0.717, 1.165) is 18.2 Å². The van der Waals surface area contributed by atoms with Crippen LogP contribution in [0, 0.1) is 12.7 Å². The van der Waals surface area contributed by atoms with Gasteiger partial charge in [0.15, 0.2) is 0 Å². The molecule has 0 unspecified atom stereocenters. The second kappa shape index (κ2) is 6.77. The molecule has 0 fully saturated rings. The van der Waals surface area contributed by atoms with E-state index in [1.54, 1.807) is 6.07 Å². The monoisotopic (exact) mass is 342 g/mol. The van der Waals surface area contributed by atoms with Crippen molar-refractivity contribution in [1.82, 2.24) is 0 Å². The minimum atomic E-state index is -4.57.